The number of aromatic amines is 1. The van der Waals surface area contributed by atoms with E-state index < -0.39 is 0 Å². The molecule has 17 heavy (non-hydrogen) atoms. The van der Waals surface area contributed by atoms with Crippen molar-refractivity contribution in [2.45, 2.75) is 44.4 Å². The molecule has 1 saturated carbocycles. The molecule has 0 aliphatic heterocycles. The molecule has 0 saturated heterocycles. The third-order valence-corrected chi connectivity index (χ3v) is 4.11. The third kappa shape index (κ3) is 1.59. The van der Waals surface area contributed by atoms with Gasteiger partial charge >= 0.3 is 0 Å². The topological polar surface area (TPSA) is 67.6 Å². The molecule has 3 N–H and O–H groups in total. The summed E-state index contributed by atoms with van der Waals surface area (Å²) in [7, 11) is 0. The highest BCUT2D eigenvalue weighted by Gasteiger charge is 2.36. The van der Waals surface area contributed by atoms with Crippen LogP contribution in [0.15, 0.2) is 12.1 Å². The zero-order valence-corrected chi connectivity index (χ0v) is 10.2. The Labute approximate surface area is 101 Å². The molecule has 0 unspecified atom stereocenters. The zero-order chi connectivity index (χ0) is 11.9. The zero-order valence-electron chi connectivity index (χ0n) is 10.2. The van der Waals surface area contributed by atoms with Gasteiger partial charge in [-0.1, -0.05) is 19.8 Å². The number of nitrogen functional groups attached to an aromatic ring is 1. The fraction of sp³-hybridized carbons (Fsp3) is 0.538. The third-order valence-electron chi connectivity index (χ3n) is 4.11. The monoisotopic (exact) mass is 230 g/mol. The van der Waals surface area contributed by atoms with Crippen LogP contribution in [0.25, 0.3) is 11.2 Å². The molecule has 3 rings (SSSR count). The van der Waals surface area contributed by atoms with Gasteiger partial charge in [-0.15, -0.1) is 0 Å². The number of pyridine rings is 1. The Morgan fingerprint density at radius 2 is 2.06 bits per heavy atom. The number of fused-ring (bicyclic) bond motifs is 1. The molecular weight excluding hydrogens is 212 g/mol. The SMILES string of the molecule is CCC1(c2nc3nc(N)ccc3[nH]2)CCCC1. The van der Waals surface area contributed by atoms with Gasteiger partial charge in [-0.25, -0.2) is 9.97 Å². The van der Waals surface area contributed by atoms with Crippen LogP contribution in [0.1, 0.15) is 44.9 Å². The Morgan fingerprint density at radius 3 is 2.76 bits per heavy atom. The molecule has 1 aliphatic carbocycles. The van der Waals surface area contributed by atoms with Crippen molar-refractivity contribution in [2.24, 2.45) is 0 Å². The molecule has 1 aliphatic rings. The summed E-state index contributed by atoms with van der Waals surface area (Å²) in [5, 5.41) is 0. The second kappa shape index (κ2) is 3.72. The molecule has 0 spiro atoms. The first kappa shape index (κ1) is 10.6. The van der Waals surface area contributed by atoms with Crippen molar-refractivity contribution in [3.8, 4) is 0 Å². The lowest BCUT2D eigenvalue weighted by Gasteiger charge is -2.24. The predicted octanol–water partition coefficient (Wildman–Crippen LogP) is 2.76. The Hall–Kier alpha value is -1.58. The first-order chi connectivity index (χ1) is 8.23. The smallest absolute Gasteiger partial charge is 0.179 e. The van der Waals surface area contributed by atoms with Crippen LogP contribution in [0, 0.1) is 0 Å². The molecular formula is C13H18N4. The van der Waals surface area contributed by atoms with Crippen LogP contribution in [0.5, 0.6) is 0 Å². The number of nitrogens with two attached hydrogens (primary N) is 1. The Bertz CT molecular complexity index is 537. The van der Waals surface area contributed by atoms with Gasteiger partial charge in [0.1, 0.15) is 11.6 Å². The Kier molecular flexibility index (Phi) is 2.31. The van der Waals surface area contributed by atoms with E-state index in [0.29, 0.717) is 5.82 Å². The summed E-state index contributed by atoms with van der Waals surface area (Å²) in [5.41, 5.74) is 7.68. The summed E-state index contributed by atoms with van der Waals surface area (Å²) in [6, 6.07) is 3.78. The molecule has 0 amide bonds. The largest absolute Gasteiger partial charge is 0.384 e. The van der Waals surface area contributed by atoms with E-state index in [1.807, 2.05) is 12.1 Å². The summed E-state index contributed by atoms with van der Waals surface area (Å²) in [4.78, 5) is 12.3. The lowest BCUT2D eigenvalue weighted by atomic mass is 9.83. The van der Waals surface area contributed by atoms with Crippen molar-refractivity contribution in [1.82, 2.24) is 15.0 Å². The molecule has 4 heteroatoms. The highest BCUT2D eigenvalue weighted by Crippen LogP contribution is 2.42. The molecule has 0 atom stereocenters. The van der Waals surface area contributed by atoms with Gasteiger partial charge in [-0.3, -0.25) is 0 Å². The Balaban J connectivity index is 2.11. The van der Waals surface area contributed by atoms with E-state index in [9.17, 15) is 0 Å². The number of nitrogens with one attached hydrogen (secondary N) is 1. The quantitative estimate of drug-likeness (QED) is 0.833. The van der Waals surface area contributed by atoms with Gasteiger partial charge in [0.15, 0.2) is 5.65 Å². The van der Waals surface area contributed by atoms with Gasteiger partial charge in [0.25, 0.3) is 0 Å². The molecule has 0 aromatic carbocycles. The van der Waals surface area contributed by atoms with Crippen LogP contribution in [0.2, 0.25) is 0 Å². The summed E-state index contributed by atoms with van der Waals surface area (Å²) >= 11 is 0. The van der Waals surface area contributed by atoms with E-state index >= 15 is 0 Å². The maximum absolute atomic E-state index is 5.69. The minimum Gasteiger partial charge on any atom is -0.384 e. The maximum Gasteiger partial charge on any atom is 0.179 e. The minimum absolute atomic E-state index is 0.245. The number of nitrogens with zero attached hydrogens (tertiary/aromatic N) is 2. The summed E-state index contributed by atoms with van der Waals surface area (Å²) < 4.78 is 0. The van der Waals surface area contributed by atoms with E-state index in [-0.39, 0.29) is 5.41 Å². The van der Waals surface area contributed by atoms with Crippen LogP contribution >= 0.6 is 0 Å². The first-order valence-corrected chi connectivity index (χ1v) is 6.36. The van der Waals surface area contributed by atoms with Crippen LogP contribution in [0.4, 0.5) is 5.82 Å². The maximum atomic E-state index is 5.69. The lowest BCUT2D eigenvalue weighted by molar-refractivity contribution is 0.403. The second-order valence-corrected chi connectivity index (χ2v) is 5.03. The van der Waals surface area contributed by atoms with Crippen molar-refractivity contribution in [3.63, 3.8) is 0 Å². The predicted molar refractivity (Wildman–Crippen MR) is 68.7 cm³/mol. The van der Waals surface area contributed by atoms with Crippen molar-refractivity contribution >= 4 is 17.0 Å². The van der Waals surface area contributed by atoms with Crippen molar-refractivity contribution < 1.29 is 0 Å². The second-order valence-electron chi connectivity index (χ2n) is 5.03. The summed E-state index contributed by atoms with van der Waals surface area (Å²) in [5.74, 6) is 1.64. The number of aromatic nitrogens is 3. The fourth-order valence-corrected chi connectivity index (χ4v) is 2.97. The lowest BCUT2D eigenvalue weighted by Crippen LogP contribution is -2.22. The molecule has 0 bridgehead atoms. The molecule has 2 aromatic rings. The molecule has 2 heterocycles. The number of imidazole rings is 1. The number of hydrogen-bond donors (Lipinski definition) is 2. The normalized spacial score (nSPS) is 18.9. The van der Waals surface area contributed by atoms with Crippen LogP contribution in [-0.2, 0) is 5.41 Å². The highest BCUT2D eigenvalue weighted by atomic mass is 15.0. The van der Waals surface area contributed by atoms with Crippen LogP contribution < -0.4 is 5.73 Å². The first-order valence-electron chi connectivity index (χ1n) is 6.36. The van der Waals surface area contributed by atoms with Crippen molar-refractivity contribution in [1.29, 1.82) is 0 Å². The average molecular weight is 230 g/mol. The van der Waals surface area contributed by atoms with E-state index in [4.69, 9.17) is 5.73 Å². The van der Waals surface area contributed by atoms with Crippen LogP contribution in [0.3, 0.4) is 0 Å². The number of anilines is 1. The minimum atomic E-state index is 0.245. The molecule has 1 fully saturated rings. The van der Waals surface area contributed by atoms with E-state index in [1.165, 1.54) is 25.7 Å². The van der Waals surface area contributed by atoms with E-state index in [2.05, 4.69) is 21.9 Å². The van der Waals surface area contributed by atoms with Gasteiger partial charge in [0.05, 0.1) is 5.52 Å². The van der Waals surface area contributed by atoms with Gasteiger partial charge in [-0.05, 0) is 31.4 Å². The van der Waals surface area contributed by atoms with Crippen molar-refractivity contribution in [2.75, 3.05) is 5.73 Å². The Morgan fingerprint density at radius 1 is 1.29 bits per heavy atom. The standard InChI is InChI=1S/C13H18N4/c1-2-13(7-3-4-8-13)12-15-9-5-6-10(14)16-11(9)17-12/h5-6H,2-4,7-8H2,1H3,(H3,14,15,16,17). The van der Waals surface area contributed by atoms with Gasteiger partial charge in [0.2, 0.25) is 0 Å². The van der Waals surface area contributed by atoms with Gasteiger partial charge in [-0.2, -0.15) is 0 Å². The van der Waals surface area contributed by atoms with E-state index in [0.717, 1.165) is 23.4 Å². The fourth-order valence-electron chi connectivity index (χ4n) is 2.97. The van der Waals surface area contributed by atoms with E-state index in [1.54, 1.807) is 0 Å². The molecule has 90 valence electrons. The highest BCUT2D eigenvalue weighted by molar-refractivity contribution is 5.72. The average Bonchev–Trinajstić information content (AvgIpc) is 2.94. The van der Waals surface area contributed by atoms with Gasteiger partial charge < -0.3 is 10.7 Å². The number of hydrogen-bond acceptors (Lipinski definition) is 3. The molecule has 0 radical (unpaired) electrons. The van der Waals surface area contributed by atoms with Crippen LogP contribution in [-0.4, -0.2) is 15.0 Å². The molecule has 2 aromatic heterocycles. The van der Waals surface area contributed by atoms with Crippen molar-refractivity contribution in [3.05, 3.63) is 18.0 Å². The van der Waals surface area contributed by atoms with Gasteiger partial charge in [0, 0.05) is 5.41 Å². The molecule has 4 nitrogen and oxygen atoms in total. The summed E-state index contributed by atoms with van der Waals surface area (Å²) in [6.07, 6.45) is 6.22. The summed E-state index contributed by atoms with van der Waals surface area (Å²) in [6.45, 7) is 2.25. The number of rotatable bonds is 2. The number of H-pyrrole nitrogens is 1.